The van der Waals surface area contributed by atoms with Crippen LogP contribution < -0.4 is 11.1 Å². The quantitative estimate of drug-likeness (QED) is 0.891. The number of hydrogen-bond acceptors (Lipinski definition) is 2. The second-order valence-electron chi connectivity index (χ2n) is 5.06. The molecule has 5 heteroatoms. The summed E-state index contributed by atoms with van der Waals surface area (Å²) in [6.07, 6.45) is 3.30. The zero-order valence-corrected chi connectivity index (χ0v) is 12.2. The number of carbonyl (C=O) groups excluding carboxylic acids is 1. The van der Waals surface area contributed by atoms with Crippen LogP contribution in [0.3, 0.4) is 0 Å². The Morgan fingerprint density at radius 2 is 2.26 bits per heavy atom. The van der Waals surface area contributed by atoms with Crippen LogP contribution in [0.2, 0.25) is 0 Å². The van der Waals surface area contributed by atoms with E-state index in [1.165, 1.54) is 6.07 Å². The number of benzene rings is 1. The molecular formula is C14H18BrFN2O. The van der Waals surface area contributed by atoms with Gasteiger partial charge in [0.15, 0.2) is 0 Å². The van der Waals surface area contributed by atoms with Crippen molar-refractivity contribution in [3.8, 4) is 0 Å². The fourth-order valence-corrected chi connectivity index (χ4v) is 2.85. The molecule has 3 nitrogen and oxygen atoms in total. The van der Waals surface area contributed by atoms with Crippen LogP contribution in [0.4, 0.5) is 4.39 Å². The number of halogens is 2. The maximum absolute atomic E-state index is 13.1. The van der Waals surface area contributed by atoms with Crippen LogP contribution in [0.25, 0.3) is 0 Å². The van der Waals surface area contributed by atoms with E-state index in [1.807, 2.05) is 0 Å². The highest BCUT2D eigenvalue weighted by atomic mass is 79.9. The summed E-state index contributed by atoms with van der Waals surface area (Å²) in [5.41, 5.74) is 6.79. The lowest BCUT2D eigenvalue weighted by Gasteiger charge is -2.10. The van der Waals surface area contributed by atoms with Crippen LogP contribution in [0.1, 0.15) is 24.8 Å². The van der Waals surface area contributed by atoms with Crippen molar-refractivity contribution in [2.75, 3.05) is 6.54 Å². The number of amides is 1. The van der Waals surface area contributed by atoms with Gasteiger partial charge in [0.25, 0.3) is 0 Å². The van der Waals surface area contributed by atoms with Crippen molar-refractivity contribution in [3.63, 3.8) is 0 Å². The van der Waals surface area contributed by atoms with E-state index >= 15 is 0 Å². The van der Waals surface area contributed by atoms with E-state index in [2.05, 4.69) is 21.2 Å². The Kier molecular flexibility index (Phi) is 4.93. The van der Waals surface area contributed by atoms with Gasteiger partial charge in [-0.3, -0.25) is 4.79 Å². The van der Waals surface area contributed by atoms with Gasteiger partial charge in [-0.05, 0) is 59.3 Å². The summed E-state index contributed by atoms with van der Waals surface area (Å²) in [6, 6.07) is 5.07. The highest BCUT2D eigenvalue weighted by molar-refractivity contribution is 9.10. The van der Waals surface area contributed by atoms with E-state index in [0.717, 1.165) is 24.8 Å². The van der Waals surface area contributed by atoms with E-state index in [0.29, 0.717) is 17.4 Å². The van der Waals surface area contributed by atoms with Crippen LogP contribution in [-0.2, 0) is 11.2 Å². The van der Waals surface area contributed by atoms with E-state index < -0.39 is 0 Å². The summed E-state index contributed by atoms with van der Waals surface area (Å²) in [5.74, 6) is -0.114. The molecule has 0 saturated heterocycles. The van der Waals surface area contributed by atoms with Gasteiger partial charge >= 0.3 is 0 Å². The van der Waals surface area contributed by atoms with Gasteiger partial charge in [0.2, 0.25) is 5.91 Å². The molecule has 1 amide bonds. The summed E-state index contributed by atoms with van der Waals surface area (Å²) in [5, 5.41) is 2.92. The highest BCUT2D eigenvalue weighted by Crippen LogP contribution is 2.24. The molecule has 0 spiro atoms. The molecule has 19 heavy (non-hydrogen) atoms. The standard InChI is InChI=1S/C14H18BrFN2O/c15-12-7-9(1-4-13(12)16)5-6-18-14(19)10-2-3-11(17)8-10/h1,4,7,10-11H,2-3,5-6,8,17H2,(H,18,19). The smallest absolute Gasteiger partial charge is 0.223 e. The fraction of sp³-hybridized carbons (Fsp3) is 0.500. The first-order valence-electron chi connectivity index (χ1n) is 6.53. The Morgan fingerprint density at radius 3 is 2.89 bits per heavy atom. The van der Waals surface area contributed by atoms with Crippen molar-refractivity contribution in [2.45, 2.75) is 31.7 Å². The number of hydrogen-bond donors (Lipinski definition) is 2. The third-order valence-electron chi connectivity index (χ3n) is 3.54. The maximum Gasteiger partial charge on any atom is 0.223 e. The minimum atomic E-state index is -0.271. The largest absolute Gasteiger partial charge is 0.356 e. The van der Waals surface area contributed by atoms with E-state index in [9.17, 15) is 9.18 Å². The molecule has 1 saturated carbocycles. The fourth-order valence-electron chi connectivity index (χ4n) is 2.42. The Labute approximate surface area is 120 Å². The maximum atomic E-state index is 13.1. The van der Waals surface area contributed by atoms with Gasteiger partial charge < -0.3 is 11.1 Å². The molecule has 0 aliphatic heterocycles. The van der Waals surface area contributed by atoms with Crippen LogP contribution >= 0.6 is 15.9 Å². The second-order valence-corrected chi connectivity index (χ2v) is 5.91. The molecule has 1 aromatic carbocycles. The first-order valence-corrected chi connectivity index (χ1v) is 7.33. The molecule has 2 unspecified atom stereocenters. The minimum absolute atomic E-state index is 0.0648. The Balaban J connectivity index is 1.77. The molecular weight excluding hydrogens is 311 g/mol. The van der Waals surface area contributed by atoms with Crippen LogP contribution in [0, 0.1) is 11.7 Å². The number of carbonyl (C=O) groups is 1. The van der Waals surface area contributed by atoms with E-state index in [1.54, 1.807) is 12.1 Å². The third-order valence-corrected chi connectivity index (χ3v) is 4.15. The number of nitrogens with one attached hydrogen (secondary N) is 1. The second kappa shape index (κ2) is 6.48. The van der Waals surface area contributed by atoms with Crippen LogP contribution in [0.5, 0.6) is 0 Å². The Bertz CT molecular complexity index is 467. The van der Waals surface area contributed by atoms with Gasteiger partial charge in [0.05, 0.1) is 4.47 Å². The van der Waals surface area contributed by atoms with Crippen LogP contribution in [0.15, 0.2) is 22.7 Å². The van der Waals surface area contributed by atoms with Gasteiger partial charge in [-0.25, -0.2) is 4.39 Å². The van der Waals surface area contributed by atoms with Gasteiger partial charge in [-0.2, -0.15) is 0 Å². The lowest BCUT2D eigenvalue weighted by Crippen LogP contribution is -2.31. The van der Waals surface area contributed by atoms with Gasteiger partial charge in [0, 0.05) is 18.5 Å². The number of nitrogens with two attached hydrogens (primary N) is 1. The summed E-state index contributed by atoms with van der Waals surface area (Å²) < 4.78 is 13.5. The lowest BCUT2D eigenvalue weighted by molar-refractivity contribution is -0.124. The van der Waals surface area contributed by atoms with Crippen molar-refractivity contribution in [1.82, 2.24) is 5.32 Å². The SMILES string of the molecule is NC1CCC(C(=O)NCCc2ccc(F)c(Br)c2)C1. The molecule has 2 atom stereocenters. The summed E-state index contributed by atoms with van der Waals surface area (Å²) >= 11 is 3.15. The molecule has 0 aromatic heterocycles. The molecule has 1 aliphatic carbocycles. The van der Waals surface area contributed by atoms with Crippen molar-refractivity contribution in [3.05, 3.63) is 34.1 Å². The molecule has 1 aliphatic rings. The van der Waals surface area contributed by atoms with Crippen LogP contribution in [-0.4, -0.2) is 18.5 Å². The Morgan fingerprint density at radius 1 is 1.47 bits per heavy atom. The summed E-state index contributed by atoms with van der Waals surface area (Å²) in [4.78, 5) is 11.9. The predicted octanol–water partition coefficient (Wildman–Crippen LogP) is 2.37. The normalized spacial score (nSPS) is 22.5. The molecule has 0 radical (unpaired) electrons. The summed E-state index contributed by atoms with van der Waals surface area (Å²) in [6.45, 7) is 0.572. The average Bonchev–Trinajstić information content (AvgIpc) is 2.80. The minimum Gasteiger partial charge on any atom is -0.356 e. The molecule has 0 heterocycles. The van der Waals surface area contributed by atoms with Crippen molar-refractivity contribution < 1.29 is 9.18 Å². The van der Waals surface area contributed by atoms with Crippen molar-refractivity contribution >= 4 is 21.8 Å². The molecule has 0 bridgehead atoms. The molecule has 1 aromatic rings. The van der Waals surface area contributed by atoms with Gasteiger partial charge in [0.1, 0.15) is 5.82 Å². The zero-order chi connectivity index (χ0) is 13.8. The monoisotopic (exact) mass is 328 g/mol. The van der Waals surface area contributed by atoms with Crippen molar-refractivity contribution in [1.29, 1.82) is 0 Å². The zero-order valence-electron chi connectivity index (χ0n) is 10.7. The molecule has 1 fully saturated rings. The molecule has 2 rings (SSSR count). The van der Waals surface area contributed by atoms with E-state index in [-0.39, 0.29) is 23.7 Å². The van der Waals surface area contributed by atoms with E-state index in [4.69, 9.17) is 5.73 Å². The van der Waals surface area contributed by atoms with Gasteiger partial charge in [-0.1, -0.05) is 6.07 Å². The first kappa shape index (κ1) is 14.5. The summed E-state index contributed by atoms with van der Waals surface area (Å²) in [7, 11) is 0. The third kappa shape index (κ3) is 4.01. The van der Waals surface area contributed by atoms with Crippen molar-refractivity contribution in [2.24, 2.45) is 11.7 Å². The van der Waals surface area contributed by atoms with Gasteiger partial charge in [-0.15, -0.1) is 0 Å². The lowest BCUT2D eigenvalue weighted by atomic mass is 10.1. The topological polar surface area (TPSA) is 55.1 Å². The predicted molar refractivity (Wildman–Crippen MR) is 76.1 cm³/mol. The average molecular weight is 329 g/mol. The first-order chi connectivity index (χ1) is 9.06. The number of rotatable bonds is 4. The molecule has 3 N–H and O–H groups in total. The Hall–Kier alpha value is -0.940. The highest BCUT2D eigenvalue weighted by Gasteiger charge is 2.27. The molecule has 104 valence electrons.